The lowest BCUT2D eigenvalue weighted by atomic mass is 10.2. The van der Waals surface area contributed by atoms with E-state index in [4.69, 9.17) is 0 Å². The van der Waals surface area contributed by atoms with Gasteiger partial charge < -0.3 is 9.55 Å². The summed E-state index contributed by atoms with van der Waals surface area (Å²) in [5.74, 6) is 1.08. The molecule has 0 aromatic carbocycles. The highest BCUT2D eigenvalue weighted by molar-refractivity contribution is 7.17. The van der Waals surface area contributed by atoms with Crippen molar-refractivity contribution >= 4 is 21.6 Å². The molecule has 22 heavy (non-hydrogen) atoms. The summed E-state index contributed by atoms with van der Waals surface area (Å²) in [5.41, 5.74) is 2.17. The minimum absolute atomic E-state index is 0.157. The summed E-state index contributed by atoms with van der Waals surface area (Å²) in [6.45, 7) is 0. The number of rotatable bonds is 2. The van der Waals surface area contributed by atoms with Gasteiger partial charge in [-0.1, -0.05) is 6.07 Å². The zero-order valence-corrected chi connectivity index (χ0v) is 12.5. The Balaban J connectivity index is 2.01. The third kappa shape index (κ3) is 1.94. The summed E-state index contributed by atoms with van der Waals surface area (Å²) in [7, 11) is 1.86. The molecule has 0 unspecified atom stereocenters. The standard InChI is InChI=1S/C15H11N5OS/c1-20-7-6-17-14(20)13-18-11-9(10-4-2-3-5-16-10)8-22-12(11)15(21)19-13/h2-8H,1H3,(H,18,19,21). The number of hydrogen-bond acceptors (Lipinski definition) is 5. The molecule has 4 heterocycles. The average molecular weight is 309 g/mol. The van der Waals surface area contributed by atoms with Crippen LogP contribution in [0.1, 0.15) is 0 Å². The van der Waals surface area contributed by atoms with Crippen molar-refractivity contribution in [2.45, 2.75) is 0 Å². The Labute approximate surface area is 129 Å². The molecule has 0 aliphatic carbocycles. The fourth-order valence-corrected chi connectivity index (χ4v) is 3.22. The number of nitrogens with zero attached hydrogens (tertiary/aromatic N) is 4. The Bertz CT molecular complexity index is 1020. The highest BCUT2D eigenvalue weighted by Crippen LogP contribution is 2.30. The van der Waals surface area contributed by atoms with Crippen LogP contribution in [0.25, 0.3) is 33.1 Å². The van der Waals surface area contributed by atoms with Gasteiger partial charge in [0.1, 0.15) is 4.70 Å². The predicted octanol–water partition coefficient (Wildman–Crippen LogP) is 2.45. The lowest BCUT2D eigenvalue weighted by Gasteiger charge is -2.02. The first kappa shape index (κ1) is 12.9. The summed E-state index contributed by atoms with van der Waals surface area (Å²) in [6.07, 6.45) is 5.21. The highest BCUT2D eigenvalue weighted by Gasteiger charge is 2.15. The summed E-state index contributed by atoms with van der Waals surface area (Å²) in [5, 5.41) is 1.91. The smallest absolute Gasteiger partial charge is 0.269 e. The van der Waals surface area contributed by atoms with Gasteiger partial charge in [-0.25, -0.2) is 9.97 Å². The van der Waals surface area contributed by atoms with Gasteiger partial charge in [-0.2, -0.15) is 0 Å². The van der Waals surface area contributed by atoms with Crippen LogP contribution in [0.4, 0.5) is 0 Å². The zero-order chi connectivity index (χ0) is 15.1. The number of aromatic nitrogens is 5. The highest BCUT2D eigenvalue weighted by atomic mass is 32.1. The van der Waals surface area contributed by atoms with Gasteiger partial charge in [0.25, 0.3) is 5.56 Å². The Hall–Kier alpha value is -2.80. The molecule has 1 N–H and O–H groups in total. The summed E-state index contributed by atoms with van der Waals surface area (Å²) >= 11 is 1.37. The van der Waals surface area contributed by atoms with Gasteiger partial charge in [0.15, 0.2) is 11.6 Å². The molecule has 108 valence electrons. The van der Waals surface area contributed by atoms with E-state index >= 15 is 0 Å². The first-order chi connectivity index (χ1) is 10.7. The maximum atomic E-state index is 12.3. The lowest BCUT2D eigenvalue weighted by molar-refractivity contribution is 0.907. The second-order valence-corrected chi connectivity index (χ2v) is 5.70. The van der Waals surface area contributed by atoms with Gasteiger partial charge in [0.2, 0.25) is 0 Å². The SMILES string of the molecule is Cn1ccnc1-c1nc2c(-c3ccccn3)csc2c(=O)[nH]1. The van der Waals surface area contributed by atoms with Crippen molar-refractivity contribution in [2.24, 2.45) is 7.05 Å². The molecular formula is C15H11N5OS. The maximum absolute atomic E-state index is 12.3. The number of fused-ring (bicyclic) bond motifs is 1. The number of aromatic amines is 1. The molecule has 0 fully saturated rings. The van der Waals surface area contributed by atoms with Crippen LogP contribution in [0, 0.1) is 0 Å². The molecule has 4 aromatic rings. The van der Waals surface area contributed by atoms with E-state index in [-0.39, 0.29) is 5.56 Å². The van der Waals surface area contributed by atoms with Crippen molar-refractivity contribution in [3.63, 3.8) is 0 Å². The number of aryl methyl sites for hydroxylation is 1. The van der Waals surface area contributed by atoms with Crippen molar-refractivity contribution in [1.82, 2.24) is 24.5 Å². The molecule has 0 radical (unpaired) electrons. The monoisotopic (exact) mass is 309 g/mol. The fraction of sp³-hybridized carbons (Fsp3) is 0.0667. The van der Waals surface area contributed by atoms with E-state index in [2.05, 4.69) is 19.9 Å². The molecule has 0 aliphatic rings. The molecule has 4 aromatic heterocycles. The average Bonchev–Trinajstić information content (AvgIpc) is 3.14. The largest absolute Gasteiger partial charge is 0.331 e. The third-order valence-corrected chi connectivity index (χ3v) is 4.37. The lowest BCUT2D eigenvalue weighted by Crippen LogP contribution is -2.09. The summed E-state index contributed by atoms with van der Waals surface area (Å²) < 4.78 is 2.41. The topological polar surface area (TPSA) is 76.5 Å². The van der Waals surface area contributed by atoms with Crippen LogP contribution >= 0.6 is 11.3 Å². The Kier molecular flexibility index (Phi) is 2.87. The van der Waals surface area contributed by atoms with Gasteiger partial charge in [-0.05, 0) is 12.1 Å². The molecule has 0 aliphatic heterocycles. The zero-order valence-electron chi connectivity index (χ0n) is 11.6. The van der Waals surface area contributed by atoms with E-state index < -0.39 is 0 Å². The van der Waals surface area contributed by atoms with Crippen LogP contribution in [0.5, 0.6) is 0 Å². The fourth-order valence-electron chi connectivity index (χ4n) is 2.33. The van der Waals surface area contributed by atoms with Crippen molar-refractivity contribution in [1.29, 1.82) is 0 Å². The molecule has 0 atom stereocenters. The number of thiophene rings is 1. The van der Waals surface area contributed by atoms with Crippen LogP contribution in [0.3, 0.4) is 0 Å². The number of H-pyrrole nitrogens is 1. The van der Waals surface area contributed by atoms with Crippen molar-refractivity contribution in [2.75, 3.05) is 0 Å². The Morgan fingerprint density at radius 3 is 2.86 bits per heavy atom. The number of hydrogen-bond donors (Lipinski definition) is 1. The van der Waals surface area contributed by atoms with Crippen LogP contribution < -0.4 is 5.56 Å². The number of imidazole rings is 1. The van der Waals surface area contributed by atoms with Gasteiger partial charge in [0, 0.05) is 36.6 Å². The van der Waals surface area contributed by atoms with Gasteiger partial charge in [0.05, 0.1) is 11.2 Å². The first-order valence-electron chi connectivity index (χ1n) is 6.64. The van der Waals surface area contributed by atoms with Gasteiger partial charge in [-0.3, -0.25) is 9.78 Å². The second kappa shape index (κ2) is 4.88. The van der Waals surface area contributed by atoms with Crippen LogP contribution in [0.15, 0.2) is 47.0 Å². The van der Waals surface area contributed by atoms with E-state index in [9.17, 15) is 4.79 Å². The molecule has 0 saturated carbocycles. The van der Waals surface area contributed by atoms with E-state index in [1.54, 1.807) is 12.4 Å². The van der Waals surface area contributed by atoms with E-state index in [1.165, 1.54) is 11.3 Å². The quantitative estimate of drug-likeness (QED) is 0.617. The van der Waals surface area contributed by atoms with E-state index in [0.29, 0.717) is 21.9 Å². The van der Waals surface area contributed by atoms with Gasteiger partial charge in [-0.15, -0.1) is 11.3 Å². The summed E-state index contributed by atoms with van der Waals surface area (Å²) in [6, 6.07) is 5.68. The molecule has 7 heteroatoms. The minimum atomic E-state index is -0.157. The normalized spacial score (nSPS) is 11.1. The molecular weight excluding hydrogens is 298 g/mol. The van der Waals surface area contributed by atoms with E-state index in [1.807, 2.05) is 41.4 Å². The molecule has 4 rings (SSSR count). The number of pyridine rings is 1. The Morgan fingerprint density at radius 2 is 2.14 bits per heavy atom. The predicted molar refractivity (Wildman–Crippen MR) is 85.7 cm³/mol. The molecule has 0 amide bonds. The number of nitrogens with one attached hydrogen (secondary N) is 1. The Morgan fingerprint density at radius 1 is 1.23 bits per heavy atom. The maximum Gasteiger partial charge on any atom is 0.269 e. The van der Waals surface area contributed by atoms with E-state index in [0.717, 1.165) is 11.3 Å². The van der Waals surface area contributed by atoms with Crippen LogP contribution in [0.2, 0.25) is 0 Å². The molecule has 0 bridgehead atoms. The second-order valence-electron chi connectivity index (χ2n) is 4.82. The first-order valence-corrected chi connectivity index (χ1v) is 7.52. The van der Waals surface area contributed by atoms with Crippen molar-refractivity contribution < 1.29 is 0 Å². The third-order valence-electron chi connectivity index (χ3n) is 3.40. The van der Waals surface area contributed by atoms with Crippen molar-refractivity contribution in [3.05, 3.63) is 52.5 Å². The minimum Gasteiger partial charge on any atom is -0.331 e. The molecule has 0 saturated heterocycles. The van der Waals surface area contributed by atoms with Crippen molar-refractivity contribution in [3.8, 4) is 22.9 Å². The molecule has 6 nitrogen and oxygen atoms in total. The van der Waals surface area contributed by atoms with Crippen LogP contribution in [-0.4, -0.2) is 24.5 Å². The van der Waals surface area contributed by atoms with Crippen LogP contribution in [-0.2, 0) is 7.05 Å². The van der Waals surface area contributed by atoms with Gasteiger partial charge >= 0.3 is 0 Å². The molecule has 0 spiro atoms. The summed E-state index contributed by atoms with van der Waals surface area (Å²) in [4.78, 5) is 28.3.